The Balaban J connectivity index is 2.37. The van der Waals surface area contributed by atoms with Gasteiger partial charge in [-0.25, -0.2) is 4.98 Å². The number of hydrogen-bond acceptors (Lipinski definition) is 7. The van der Waals surface area contributed by atoms with E-state index in [1.807, 2.05) is 19.4 Å². The lowest BCUT2D eigenvalue weighted by atomic mass is 10.2. The van der Waals surface area contributed by atoms with Crippen LogP contribution in [0.5, 0.6) is 0 Å². The van der Waals surface area contributed by atoms with Crippen molar-refractivity contribution in [1.82, 2.24) is 9.36 Å². The first kappa shape index (κ1) is 14.2. The predicted molar refractivity (Wildman–Crippen MR) is 82.1 cm³/mol. The van der Waals surface area contributed by atoms with E-state index in [0.29, 0.717) is 12.4 Å². The topological polar surface area (TPSA) is 64.3 Å². The third-order valence-electron chi connectivity index (χ3n) is 2.96. The van der Waals surface area contributed by atoms with Gasteiger partial charge in [0.25, 0.3) is 0 Å². The standard InChI is InChI=1S/C12H18N4OS2/c1-7(5-17-4)16(3)12-10(11(13)15-19-12)9-6-18-8(2)14-9/h6-7H,5H2,1-4H3,(H2,13,15). The Bertz CT molecular complexity index is 552. The summed E-state index contributed by atoms with van der Waals surface area (Å²) in [6.07, 6.45) is 0. The number of anilines is 2. The Kier molecular flexibility index (Phi) is 4.38. The van der Waals surface area contributed by atoms with Crippen LogP contribution in [0.15, 0.2) is 5.38 Å². The van der Waals surface area contributed by atoms with E-state index in [4.69, 9.17) is 10.5 Å². The highest BCUT2D eigenvalue weighted by Gasteiger charge is 2.21. The van der Waals surface area contributed by atoms with E-state index in [2.05, 4.69) is 21.2 Å². The molecular weight excluding hydrogens is 280 g/mol. The van der Waals surface area contributed by atoms with Gasteiger partial charge in [-0.1, -0.05) is 0 Å². The van der Waals surface area contributed by atoms with Gasteiger partial charge < -0.3 is 15.4 Å². The van der Waals surface area contributed by atoms with Crippen LogP contribution in [0.25, 0.3) is 11.3 Å². The average Bonchev–Trinajstić information content (AvgIpc) is 2.94. The second-order valence-corrected chi connectivity index (χ2v) is 6.23. The molecule has 1 atom stereocenters. The van der Waals surface area contributed by atoms with Gasteiger partial charge in [0.15, 0.2) is 0 Å². The first-order valence-corrected chi connectivity index (χ1v) is 7.59. The van der Waals surface area contributed by atoms with Gasteiger partial charge in [0.05, 0.1) is 22.9 Å². The zero-order valence-corrected chi connectivity index (χ0v) is 13.1. The molecule has 0 aliphatic carbocycles. The lowest BCUT2D eigenvalue weighted by molar-refractivity contribution is 0.183. The summed E-state index contributed by atoms with van der Waals surface area (Å²) < 4.78 is 9.47. The van der Waals surface area contributed by atoms with Gasteiger partial charge >= 0.3 is 0 Å². The number of methoxy groups -OCH3 is 1. The normalized spacial score (nSPS) is 12.6. The fraction of sp³-hybridized carbons (Fsp3) is 0.500. The fourth-order valence-corrected chi connectivity index (χ4v) is 3.30. The highest BCUT2D eigenvalue weighted by atomic mass is 32.1. The lowest BCUT2D eigenvalue weighted by Gasteiger charge is -2.25. The third kappa shape index (κ3) is 2.88. The number of hydrogen-bond donors (Lipinski definition) is 1. The summed E-state index contributed by atoms with van der Waals surface area (Å²) in [6.45, 7) is 4.75. The molecule has 0 spiro atoms. The lowest BCUT2D eigenvalue weighted by Crippen LogP contribution is -2.32. The van der Waals surface area contributed by atoms with Crippen molar-refractivity contribution in [1.29, 1.82) is 0 Å². The summed E-state index contributed by atoms with van der Waals surface area (Å²) in [5.74, 6) is 0.543. The molecule has 0 aliphatic heterocycles. The quantitative estimate of drug-likeness (QED) is 0.919. The van der Waals surface area contributed by atoms with Crippen LogP contribution in [0.2, 0.25) is 0 Å². The average molecular weight is 298 g/mol. The molecule has 2 heterocycles. The Morgan fingerprint density at radius 2 is 2.26 bits per heavy atom. The minimum absolute atomic E-state index is 0.253. The summed E-state index contributed by atoms with van der Waals surface area (Å²) in [6, 6.07) is 0.253. The van der Waals surface area contributed by atoms with E-state index in [-0.39, 0.29) is 6.04 Å². The van der Waals surface area contributed by atoms with Gasteiger partial charge in [-0.05, 0) is 25.4 Å². The molecule has 0 fully saturated rings. The fourth-order valence-electron chi connectivity index (χ4n) is 1.81. The molecule has 5 nitrogen and oxygen atoms in total. The maximum atomic E-state index is 6.00. The molecule has 0 aromatic carbocycles. The van der Waals surface area contributed by atoms with Crippen molar-refractivity contribution in [3.8, 4) is 11.3 Å². The zero-order chi connectivity index (χ0) is 14.0. The number of aryl methyl sites for hydroxylation is 1. The largest absolute Gasteiger partial charge is 0.383 e. The van der Waals surface area contributed by atoms with Crippen LogP contribution in [0.1, 0.15) is 11.9 Å². The van der Waals surface area contributed by atoms with Gasteiger partial charge in [0, 0.05) is 25.6 Å². The first-order chi connectivity index (χ1) is 9.04. The van der Waals surface area contributed by atoms with Crippen LogP contribution in [0, 0.1) is 6.92 Å². The monoisotopic (exact) mass is 298 g/mol. The van der Waals surface area contributed by atoms with Crippen LogP contribution in [0.4, 0.5) is 10.8 Å². The van der Waals surface area contributed by atoms with Gasteiger partial charge in [0.1, 0.15) is 10.8 Å². The number of aromatic nitrogens is 2. The van der Waals surface area contributed by atoms with Crippen molar-refractivity contribution in [2.45, 2.75) is 19.9 Å². The second-order valence-electron chi connectivity index (χ2n) is 4.41. The molecular formula is C12H18N4OS2. The van der Waals surface area contributed by atoms with E-state index in [1.165, 1.54) is 11.5 Å². The molecule has 19 heavy (non-hydrogen) atoms. The molecule has 104 valence electrons. The van der Waals surface area contributed by atoms with Gasteiger partial charge in [-0.3, -0.25) is 0 Å². The van der Waals surface area contributed by atoms with E-state index < -0.39 is 0 Å². The van der Waals surface area contributed by atoms with Gasteiger partial charge in [-0.15, -0.1) is 11.3 Å². The highest BCUT2D eigenvalue weighted by Crippen LogP contribution is 2.39. The van der Waals surface area contributed by atoms with E-state index >= 15 is 0 Å². The minimum Gasteiger partial charge on any atom is -0.383 e. The van der Waals surface area contributed by atoms with Crippen LogP contribution in [-0.2, 0) is 4.74 Å². The number of ether oxygens (including phenoxy) is 1. The number of nitrogens with two attached hydrogens (primary N) is 1. The highest BCUT2D eigenvalue weighted by molar-refractivity contribution is 7.11. The Labute approximate surface area is 121 Å². The number of nitrogen functional groups attached to an aromatic ring is 1. The molecule has 0 aliphatic rings. The van der Waals surface area contributed by atoms with Crippen molar-refractivity contribution in [3.05, 3.63) is 10.4 Å². The van der Waals surface area contributed by atoms with E-state index in [9.17, 15) is 0 Å². The van der Waals surface area contributed by atoms with Gasteiger partial charge in [0.2, 0.25) is 0 Å². The smallest absolute Gasteiger partial charge is 0.148 e. The molecule has 2 N–H and O–H groups in total. The Hall–Kier alpha value is -1.18. The van der Waals surface area contributed by atoms with Crippen molar-refractivity contribution in [3.63, 3.8) is 0 Å². The second kappa shape index (κ2) is 5.85. The summed E-state index contributed by atoms with van der Waals surface area (Å²) in [7, 11) is 3.73. The molecule has 0 saturated carbocycles. The molecule has 0 saturated heterocycles. The van der Waals surface area contributed by atoms with Gasteiger partial charge in [-0.2, -0.15) is 4.37 Å². The van der Waals surface area contributed by atoms with E-state index in [1.54, 1.807) is 18.4 Å². The van der Waals surface area contributed by atoms with Crippen molar-refractivity contribution < 1.29 is 4.74 Å². The molecule has 1 unspecified atom stereocenters. The number of nitrogens with zero attached hydrogens (tertiary/aromatic N) is 3. The van der Waals surface area contributed by atoms with Crippen LogP contribution in [-0.4, -0.2) is 36.2 Å². The molecule has 7 heteroatoms. The van der Waals surface area contributed by atoms with Crippen LogP contribution >= 0.6 is 22.9 Å². The maximum absolute atomic E-state index is 6.00. The van der Waals surface area contributed by atoms with Crippen LogP contribution < -0.4 is 10.6 Å². The predicted octanol–water partition coefficient (Wildman–Crippen LogP) is 2.63. The third-order valence-corrected chi connectivity index (χ3v) is 4.69. The summed E-state index contributed by atoms with van der Waals surface area (Å²) in [5, 5.41) is 4.08. The molecule has 2 aromatic heterocycles. The van der Waals surface area contributed by atoms with Crippen molar-refractivity contribution in [2.24, 2.45) is 0 Å². The summed E-state index contributed by atoms with van der Waals surface area (Å²) in [5.41, 5.74) is 7.83. The molecule has 0 amide bonds. The Morgan fingerprint density at radius 1 is 1.53 bits per heavy atom. The first-order valence-electron chi connectivity index (χ1n) is 5.94. The minimum atomic E-state index is 0.253. The molecule has 0 bridgehead atoms. The number of rotatable bonds is 5. The van der Waals surface area contributed by atoms with E-state index in [0.717, 1.165) is 21.3 Å². The van der Waals surface area contributed by atoms with Crippen LogP contribution in [0.3, 0.4) is 0 Å². The SMILES string of the molecule is COCC(C)N(C)c1snc(N)c1-c1csc(C)n1. The Morgan fingerprint density at radius 3 is 2.84 bits per heavy atom. The molecule has 2 aromatic rings. The number of thiazole rings is 1. The van der Waals surface area contributed by atoms with Crippen molar-refractivity contribution in [2.75, 3.05) is 31.4 Å². The van der Waals surface area contributed by atoms with Crippen molar-refractivity contribution >= 4 is 33.7 Å². The molecule has 2 rings (SSSR count). The number of likely N-dealkylation sites (N-methyl/N-ethyl adjacent to an activating group) is 1. The maximum Gasteiger partial charge on any atom is 0.148 e. The summed E-state index contributed by atoms with van der Waals surface area (Å²) in [4.78, 5) is 6.65. The summed E-state index contributed by atoms with van der Waals surface area (Å²) >= 11 is 3.02. The zero-order valence-electron chi connectivity index (χ0n) is 11.5. The molecule has 0 radical (unpaired) electrons.